The second-order valence-electron chi connectivity index (χ2n) is 5.38. The first kappa shape index (κ1) is 14.7. The summed E-state index contributed by atoms with van der Waals surface area (Å²) in [6, 6.07) is 0. The zero-order valence-electron chi connectivity index (χ0n) is 11.2. The van der Waals surface area contributed by atoms with E-state index < -0.39 is 26.7 Å². The van der Waals surface area contributed by atoms with Crippen LogP contribution in [-0.4, -0.2) is 55.4 Å². The highest BCUT2D eigenvalue weighted by Crippen LogP contribution is 2.37. The first-order valence-corrected chi connectivity index (χ1v) is 8.23. The molecule has 2 heterocycles. The Morgan fingerprint density at radius 2 is 2.05 bits per heavy atom. The smallest absolute Gasteiger partial charge is 0.311 e. The molecule has 0 bridgehead atoms. The second kappa shape index (κ2) is 5.38. The number of ether oxygens (including phenoxy) is 1. The van der Waals surface area contributed by atoms with E-state index in [1.807, 2.05) is 0 Å². The lowest BCUT2D eigenvalue weighted by molar-refractivity contribution is -0.148. The number of aliphatic carboxylic acids is 1. The monoisotopic (exact) mass is 291 g/mol. The van der Waals surface area contributed by atoms with Crippen molar-refractivity contribution in [3.8, 4) is 0 Å². The van der Waals surface area contributed by atoms with Gasteiger partial charge in [0, 0.05) is 26.3 Å². The average molecular weight is 291 g/mol. The van der Waals surface area contributed by atoms with Crippen LogP contribution in [-0.2, 0) is 19.6 Å². The van der Waals surface area contributed by atoms with Crippen LogP contribution in [0, 0.1) is 5.41 Å². The van der Waals surface area contributed by atoms with E-state index in [0.29, 0.717) is 45.4 Å². The molecule has 0 aliphatic carbocycles. The molecule has 2 aliphatic rings. The number of nitrogens with zero attached hydrogens (tertiary/aromatic N) is 1. The summed E-state index contributed by atoms with van der Waals surface area (Å²) < 4.78 is 31.5. The molecule has 1 N–H and O–H groups in total. The second-order valence-corrected chi connectivity index (χ2v) is 7.59. The molecule has 110 valence electrons. The zero-order chi connectivity index (χ0) is 14.1. The quantitative estimate of drug-likeness (QED) is 0.823. The lowest BCUT2D eigenvalue weighted by atomic mass is 9.85. The Morgan fingerprint density at radius 1 is 1.42 bits per heavy atom. The number of hydrogen-bond donors (Lipinski definition) is 1. The van der Waals surface area contributed by atoms with Crippen molar-refractivity contribution in [3.63, 3.8) is 0 Å². The van der Waals surface area contributed by atoms with Crippen molar-refractivity contribution in [1.29, 1.82) is 0 Å². The fourth-order valence-corrected chi connectivity index (χ4v) is 4.83. The van der Waals surface area contributed by atoms with Gasteiger partial charge in [0.1, 0.15) is 0 Å². The third kappa shape index (κ3) is 2.64. The predicted molar refractivity (Wildman–Crippen MR) is 69.3 cm³/mol. The lowest BCUT2D eigenvalue weighted by Gasteiger charge is -2.28. The summed E-state index contributed by atoms with van der Waals surface area (Å²) in [6.07, 6.45) is 1.87. The molecule has 1 atom stereocenters. The Morgan fingerprint density at radius 3 is 2.53 bits per heavy atom. The van der Waals surface area contributed by atoms with E-state index in [0.717, 1.165) is 0 Å². The van der Waals surface area contributed by atoms with Crippen LogP contribution in [0.15, 0.2) is 0 Å². The third-order valence-electron chi connectivity index (χ3n) is 4.40. The van der Waals surface area contributed by atoms with E-state index >= 15 is 0 Å². The molecular formula is C12H21NO5S. The Balaban J connectivity index is 2.13. The maximum Gasteiger partial charge on any atom is 0.311 e. The minimum absolute atomic E-state index is 0.110. The minimum atomic E-state index is -3.39. The molecule has 2 rings (SSSR count). The summed E-state index contributed by atoms with van der Waals surface area (Å²) in [5, 5.41) is 8.90. The van der Waals surface area contributed by atoms with Crippen molar-refractivity contribution in [1.82, 2.24) is 4.31 Å². The fourth-order valence-electron chi connectivity index (χ4n) is 2.85. The largest absolute Gasteiger partial charge is 0.481 e. The molecule has 7 heteroatoms. The minimum Gasteiger partial charge on any atom is -0.481 e. The van der Waals surface area contributed by atoms with E-state index in [-0.39, 0.29) is 6.54 Å². The number of rotatable bonds is 4. The van der Waals surface area contributed by atoms with Gasteiger partial charge >= 0.3 is 5.97 Å². The van der Waals surface area contributed by atoms with Gasteiger partial charge < -0.3 is 9.84 Å². The van der Waals surface area contributed by atoms with Crippen LogP contribution in [0.3, 0.4) is 0 Å². The maximum atomic E-state index is 12.5. The summed E-state index contributed by atoms with van der Waals surface area (Å²) in [5.74, 6) is -0.889. The van der Waals surface area contributed by atoms with E-state index in [1.165, 1.54) is 4.31 Å². The molecule has 0 saturated carbocycles. The number of sulfonamides is 1. The Labute approximate surface area is 113 Å². The molecule has 0 aromatic heterocycles. The summed E-state index contributed by atoms with van der Waals surface area (Å²) in [4.78, 5) is 11.4. The highest BCUT2D eigenvalue weighted by Gasteiger charge is 2.48. The number of hydrogen-bond acceptors (Lipinski definition) is 4. The molecule has 2 fully saturated rings. The van der Waals surface area contributed by atoms with Gasteiger partial charge in [0.15, 0.2) is 0 Å². The predicted octanol–water partition coefficient (Wildman–Crippen LogP) is 0.682. The summed E-state index contributed by atoms with van der Waals surface area (Å²) in [7, 11) is -3.39. The molecular weight excluding hydrogens is 270 g/mol. The Hall–Kier alpha value is -0.660. The molecule has 0 aromatic carbocycles. The number of carboxylic acids is 1. The van der Waals surface area contributed by atoms with E-state index in [4.69, 9.17) is 4.74 Å². The molecule has 0 amide bonds. The van der Waals surface area contributed by atoms with Gasteiger partial charge in [0.05, 0.1) is 10.7 Å². The lowest BCUT2D eigenvalue weighted by Crippen LogP contribution is -2.42. The SMILES string of the molecule is CCC1(C(=O)O)CCN(S(=O)(=O)C2CCOCC2)C1. The van der Waals surface area contributed by atoms with Gasteiger partial charge in [-0.3, -0.25) is 4.79 Å². The van der Waals surface area contributed by atoms with Crippen molar-refractivity contribution in [3.05, 3.63) is 0 Å². The first-order chi connectivity index (χ1) is 8.92. The molecule has 1 unspecified atom stereocenters. The topological polar surface area (TPSA) is 83.9 Å². The zero-order valence-corrected chi connectivity index (χ0v) is 12.0. The number of carbonyl (C=O) groups is 1. The van der Waals surface area contributed by atoms with E-state index in [1.54, 1.807) is 6.92 Å². The Kier molecular flexibility index (Phi) is 4.17. The van der Waals surface area contributed by atoms with Crippen molar-refractivity contribution < 1.29 is 23.1 Å². The molecule has 2 aliphatic heterocycles. The highest BCUT2D eigenvalue weighted by atomic mass is 32.2. The summed E-state index contributed by atoms with van der Waals surface area (Å²) in [6.45, 7) is 3.17. The van der Waals surface area contributed by atoms with Crippen LogP contribution in [0.25, 0.3) is 0 Å². The standard InChI is InChI=1S/C12H21NO5S/c1-2-12(11(14)15)5-6-13(9-12)19(16,17)10-3-7-18-8-4-10/h10H,2-9H2,1H3,(H,14,15). The van der Waals surface area contributed by atoms with Gasteiger partial charge in [-0.05, 0) is 25.7 Å². The van der Waals surface area contributed by atoms with Gasteiger partial charge in [-0.25, -0.2) is 12.7 Å². The molecule has 0 aromatic rings. The van der Waals surface area contributed by atoms with Crippen molar-refractivity contribution in [2.75, 3.05) is 26.3 Å². The van der Waals surface area contributed by atoms with Crippen LogP contribution in [0.4, 0.5) is 0 Å². The fraction of sp³-hybridized carbons (Fsp3) is 0.917. The maximum absolute atomic E-state index is 12.5. The summed E-state index contributed by atoms with van der Waals surface area (Å²) >= 11 is 0. The summed E-state index contributed by atoms with van der Waals surface area (Å²) in [5.41, 5.74) is -0.905. The third-order valence-corrected chi connectivity index (χ3v) is 6.74. The van der Waals surface area contributed by atoms with Crippen LogP contribution in [0.5, 0.6) is 0 Å². The van der Waals surface area contributed by atoms with Gasteiger partial charge in [0.2, 0.25) is 10.0 Å². The molecule has 2 saturated heterocycles. The average Bonchev–Trinajstić information content (AvgIpc) is 2.86. The first-order valence-electron chi connectivity index (χ1n) is 6.72. The van der Waals surface area contributed by atoms with Gasteiger partial charge in [0.25, 0.3) is 0 Å². The van der Waals surface area contributed by atoms with Crippen molar-refractivity contribution in [2.45, 2.75) is 37.9 Å². The molecule has 0 radical (unpaired) electrons. The van der Waals surface area contributed by atoms with Crippen LogP contribution in [0.1, 0.15) is 32.6 Å². The molecule has 6 nitrogen and oxygen atoms in total. The number of carboxylic acid groups (broad SMARTS) is 1. The molecule has 19 heavy (non-hydrogen) atoms. The van der Waals surface area contributed by atoms with E-state index in [2.05, 4.69) is 0 Å². The normalized spacial score (nSPS) is 30.6. The van der Waals surface area contributed by atoms with Crippen LogP contribution in [0.2, 0.25) is 0 Å². The van der Waals surface area contributed by atoms with Gasteiger partial charge in [-0.15, -0.1) is 0 Å². The van der Waals surface area contributed by atoms with Crippen LogP contribution < -0.4 is 0 Å². The van der Waals surface area contributed by atoms with Crippen LogP contribution >= 0.6 is 0 Å². The van der Waals surface area contributed by atoms with E-state index in [9.17, 15) is 18.3 Å². The molecule has 0 spiro atoms. The van der Waals surface area contributed by atoms with Crippen molar-refractivity contribution >= 4 is 16.0 Å². The van der Waals surface area contributed by atoms with Crippen molar-refractivity contribution in [2.24, 2.45) is 5.41 Å². The highest BCUT2D eigenvalue weighted by molar-refractivity contribution is 7.89. The van der Waals surface area contributed by atoms with Gasteiger partial charge in [-0.2, -0.15) is 0 Å². The Bertz CT molecular complexity index is 443. The van der Waals surface area contributed by atoms with Gasteiger partial charge in [-0.1, -0.05) is 6.92 Å².